The largest absolute Gasteiger partial charge is 0 e. The molecule has 3 rings (SSSR count). The summed E-state index contributed by atoms with van der Waals surface area (Å²) in [5, 5.41) is 3.57. The fourth-order valence-corrected chi connectivity index (χ4v) is 11.5. The summed E-state index contributed by atoms with van der Waals surface area (Å²) in [5.74, 6) is 0.333. The van der Waals surface area contributed by atoms with E-state index in [4.69, 9.17) is 0 Å². The van der Waals surface area contributed by atoms with E-state index in [0.717, 1.165) is 22.6 Å². The first-order valence-corrected chi connectivity index (χ1v) is 16.7. The van der Waals surface area contributed by atoms with Crippen LogP contribution < -0.4 is 10.6 Å². The summed E-state index contributed by atoms with van der Waals surface area (Å²) >= 11 is 0. The molecule has 1 aromatic rings. The number of ketones is 2. The van der Waals surface area contributed by atoms with E-state index in [2.05, 4.69) is 52.0 Å². The number of carbonyl (C=O) groups is 2. The van der Waals surface area contributed by atoms with Crippen molar-refractivity contribution in [2.24, 2.45) is 0 Å². The molecule has 215 valence electrons. The number of halogens is 6. The van der Waals surface area contributed by atoms with Crippen LogP contribution in [0, 0.1) is 0 Å². The molecule has 0 aromatic heterocycles. The van der Waals surface area contributed by atoms with Crippen LogP contribution >= 0.6 is 23.7 Å². The monoisotopic (exact) mass is 670 g/mol. The average Bonchev–Trinajstić information content (AvgIpc) is 3.12. The molecule has 0 N–H and O–H groups in total. The van der Waals surface area contributed by atoms with Gasteiger partial charge in [-0.3, -0.25) is 0 Å². The summed E-state index contributed by atoms with van der Waals surface area (Å²) in [6, 6.07) is 9.55. The van der Waals surface area contributed by atoms with Crippen LogP contribution in [0.2, 0.25) is 0 Å². The molecule has 0 bridgehead atoms. The molecule has 0 aliphatic carbocycles. The van der Waals surface area contributed by atoms with E-state index in [-0.39, 0.29) is 46.9 Å². The van der Waals surface area contributed by atoms with Gasteiger partial charge >= 0.3 is 33.0 Å². The Balaban J connectivity index is 0. The van der Waals surface area contributed by atoms with Gasteiger partial charge in [-0.15, -0.1) is 0 Å². The Bertz CT molecular complexity index is 758. The Labute approximate surface area is 227 Å². The van der Waals surface area contributed by atoms with E-state index in [1.165, 1.54) is 53.4 Å². The molecule has 2 fully saturated rings. The van der Waals surface area contributed by atoms with Gasteiger partial charge in [0.1, 0.15) is 11.6 Å². The van der Waals surface area contributed by atoms with E-state index < -0.39 is 7.81 Å². The van der Waals surface area contributed by atoms with E-state index in [0.29, 0.717) is 0 Å². The fourth-order valence-electron chi connectivity index (χ4n) is 4.24. The fraction of sp³-hybridized carbons (Fsp3) is 0.667. The summed E-state index contributed by atoms with van der Waals surface area (Å²) < 4.78 is 59.2. The molecule has 2 heterocycles. The average molecular weight is 670 g/mol. The van der Waals surface area contributed by atoms with Gasteiger partial charge < -0.3 is 9.59 Å². The molecule has 1 radical (unpaired) electrons. The first-order valence-electron chi connectivity index (χ1n) is 11.7. The third-order valence-corrected chi connectivity index (χ3v) is 12.2. The summed E-state index contributed by atoms with van der Waals surface area (Å²) in [7, 11) is -10.5. The summed E-state index contributed by atoms with van der Waals surface area (Å²) in [6.07, 6.45) is 5.79. The van der Waals surface area contributed by atoms with Crippen molar-refractivity contribution >= 4 is 45.8 Å². The first kappa shape index (κ1) is 38.2. The van der Waals surface area contributed by atoms with Crippen molar-refractivity contribution in [2.75, 3.05) is 0 Å². The molecule has 0 saturated carbocycles. The molecule has 2 aliphatic rings. The van der Waals surface area contributed by atoms with Crippen LogP contribution in [0.25, 0.3) is 0 Å². The zero-order valence-corrected chi connectivity index (χ0v) is 26.5. The van der Waals surface area contributed by atoms with Crippen LogP contribution in [0.1, 0.15) is 81.1 Å². The Morgan fingerprint density at radius 2 is 0.806 bits per heavy atom. The summed E-state index contributed by atoms with van der Waals surface area (Å²) in [4.78, 5) is 18.9. The predicted octanol–water partition coefficient (Wildman–Crippen LogP) is 9.61. The Kier molecular flexibility index (Phi) is 15.3. The third-order valence-electron chi connectivity index (χ3n) is 5.34. The van der Waals surface area contributed by atoms with Crippen molar-refractivity contribution in [3.8, 4) is 0 Å². The number of carbonyl (C=O) groups excluding carboxylic acids is 2. The van der Waals surface area contributed by atoms with Gasteiger partial charge in [-0.25, -0.2) is 0 Å². The molecule has 2 saturated heterocycles. The minimum absolute atomic E-state index is 0. The van der Waals surface area contributed by atoms with Gasteiger partial charge in [-0.1, -0.05) is 67.8 Å². The molecule has 1 aromatic carbocycles. The van der Waals surface area contributed by atoms with Gasteiger partial charge in [0.05, 0.1) is 0 Å². The van der Waals surface area contributed by atoms with Gasteiger partial charge in [0.2, 0.25) is 0 Å². The maximum atomic E-state index is 9.87. The van der Waals surface area contributed by atoms with Crippen molar-refractivity contribution in [3.05, 3.63) is 24.3 Å². The van der Waals surface area contributed by atoms with E-state index in [1.807, 2.05) is 0 Å². The van der Waals surface area contributed by atoms with Crippen LogP contribution in [-0.4, -0.2) is 34.2 Å². The maximum absolute atomic E-state index is 10.7. The van der Waals surface area contributed by atoms with E-state index >= 15 is 0 Å². The maximum Gasteiger partial charge on any atom is 0 e. The van der Waals surface area contributed by atoms with Crippen LogP contribution in [0.3, 0.4) is 0 Å². The molecule has 2 nitrogen and oxygen atoms in total. The molecular formula is C24H40F6O2P3Rh-. The molecule has 36 heavy (non-hydrogen) atoms. The predicted molar refractivity (Wildman–Crippen MR) is 142 cm³/mol. The van der Waals surface area contributed by atoms with Crippen molar-refractivity contribution in [2.45, 2.75) is 104 Å². The molecule has 4 atom stereocenters. The van der Waals surface area contributed by atoms with Gasteiger partial charge in [0, 0.05) is 19.5 Å². The molecule has 2 aliphatic heterocycles. The number of hydrogen-bond donors (Lipinski definition) is 0. The van der Waals surface area contributed by atoms with Gasteiger partial charge in [0.25, 0.3) is 0 Å². The second-order valence-electron chi connectivity index (χ2n) is 9.63. The number of Topliss-reactive ketones (excluding diaryl/α,β-unsaturated/α-hetero) is 2. The zero-order chi connectivity index (χ0) is 27.8. The smallest absolute Gasteiger partial charge is 0 e. The summed E-state index contributed by atoms with van der Waals surface area (Å²) in [6.45, 7) is 16.1. The van der Waals surface area contributed by atoms with Crippen LogP contribution in [0.4, 0.5) is 25.2 Å². The Morgan fingerprint density at radius 3 is 0.972 bits per heavy atom. The summed E-state index contributed by atoms with van der Waals surface area (Å²) in [5.41, 5.74) is 3.74. The molecule has 12 heteroatoms. The van der Waals surface area contributed by atoms with E-state index in [9.17, 15) is 34.8 Å². The zero-order valence-electron chi connectivity index (χ0n) is 22.2. The minimum atomic E-state index is -10.7. The Morgan fingerprint density at radius 1 is 0.639 bits per heavy atom. The third kappa shape index (κ3) is 18.3. The topological polar surface area (TPSA) is 34.1 Å². The van der Waals surface area contributed by atoms with Gasteiger partial charge in [-0.2, -0.15) is 0 Å². The molecule has 0 amide bonds. The molecule has 0 spiro atoms. The van der Waals surface area contributed by atoms with Crippen LogP contribution in [-0.2, 0) is 29.1 Å². The van der Waals surface area contributed by atoms with Crippen molar-refractivity contribution in [3.63, 3.8) is 0 Å². The quantitative estimate of drug-likeness (QED) is 0.179. The first-order chi connectivity index (χ1) is 15.5. The van der Waals surface area contributed by atoms with Gasteiger partial charge in [-0.05, 0) is 86.6 Å². The minimum Gasteiger partial charge on any atom is 0 e. The molecular weight excluding hydrogens is 630 g/mol. The van der Waals surface area contributed by atoms with Crippen molar-refractivity contribution in [1.82, 2.24) is 0 Å². The van der Waals surface area contributed by atoms with E-state index in [1.54, 1.807) is 10.6 Å². The number of benzene rings is 1. The van der Waals surface area contributed by atoms with Crippen molar-refractivity contribution in [1.29, 1.82) is 0 Å². The van der Waals surface area contributed by atoms with Crippen molar-refractivity contribution < 1.29 is 54.2 Å². The van der Waals surface area contributed by atoms with Crippen LogP contribution in [0.15, 0.2) is 24.3 Å². The standard InChI is InChI=1S/C18H28P2.2C3H6O.F6P.Rh/c1-13-9-10-14(2)19(13)17-7-5-6-8-18(17)20-15(3)11-12-16(20)4;2*1-3(2)4;1-7(2,3,4,5)6;/h5-8,13-16H,9-12H2,1-4H3;2*1-2H3;;/q;;;-1;/t13-,14-,15-,16-;;;;/m0..../s1. The van der Waals surface area contributed by atoms with Gasteiger partial charge in [0.15, 0.2) is 0 Å². The normalized spacial score (nSPS) is 25.8. The Hall–Kier alpha value is 0.0534. The van der Waals surface area contributed by atoms with Crippen LogP contribution in [0.5, 0.6) is 0 Å². The SMILES string of the molecule is CC(C)=O.CC(C)=O.C[C@H]1CC[C@H](C)P1c1ccccc1P1[C@@H](C)CC[C@@H]1C.F[P-](F)(F)(F)(F)F.[Rh]. The second kappa shape index (κ2) is 14.4. The number of rotatable bonds is 2. The second-order valence-corrected chi connectivity index (χ2v) is 17.7. The number of hydrogen-bond acceptors (Lipinski definition) is 2. The molecule has 0 unspecified atom stereocenters.